The van der Waals surface area contributed by atoms with Crippen LogP contribution in [0.15, 0.2) is 54.6 Å². The van der Waals surface area contributed by atoms with Crippen LogP contribution in [0.5, 0.6) is 5.75 Å². The topological polar surface area (TPSA) is 53.1 Å². The third-order valence-electron chi connectivity index (χ3n) is 9.48. The number of carbonyl (C=O) groups excluding carboxylic acids is 2. The van der Waals surface area contributed by atoms with Crippen LogP contribution in [0.25, 0.3) is 11.1 Å². The van der Waals surface area contributed by atoms with Gasteiger partial charge in [0.05, 0.1) is 12.2 Å². The maximum absolute atomic E-state index is 14.1. The van der Waals surface area contributed by atoms with Gasteiger partial charge in [0.1, 0.15) is 5.75 Å². The van der Waals surface area contributed by atoms with Gasteiger partial charge in [-0.05, 0) is 98.9 Å². The average Bonchev–Trinajstić information content (AvgIpc) is 3.70. The number of fused-ring (bicyclic) bond motifs is 3. The lowest BCUT2D eigenvalue weighted by atomic mass is 9.74. The van der Waals surface area contributed by atoms with E-state index in [4.69, 9.17) is 4.74 Å². The van der Waals surface area contributed by atoms with Crippen LogP contribution in [0, 0.1) is 0 Å². The molecule has 0 atom stereocenters. The molecule has 6 nitrogen and oxygen atoms in total. The van der Waals surface area contributed by atoms with E-state index in [-0.39, 0.29) is 28.5 Å². The number of rotatable bonds is 3. The summed E-state index contributed by atoms with van der Waals surface area (Å²) in [6.07, 6.45) is -0.869. The molecule has 0 radical (unpaired) electrons. The van der Waals surface area contributed by atoms with Gasteiger partial charge in [-0.3, -0.25) is 9.59 Å². The molecule has 0 unspecified atom stereocenters. The Bertz CT molecular complexity index is 1580. The Morgan fingerprint density at radius 3 is 2.38 bits per heavy atom. The SMILES string of the molecule is CN1CCC2(CC1)COc1cc3c(cc12)N(C(=O)c1ccc(-c2ccc(N4CCCC4=O)cc2C(F)(F)F)cc1)CC3. The number of benzene rings is 3. The summed E-state index contributed by atoms with van der Waals surface area (Å²) < 4.78 is 48.5. The molecule has 3 aromatic rings. The van der Waals surface area contributed by atoms with Crippen LogP contribution in [-0.2, 0) is 22.8 Å². The number of alkyl halides is 3. The van der Waals surface area contributed by atoms with Gasteiger partial charge in [-0.15, -0.1) is 0 Å². The summed E-state index contributed by atoms with van der Waals surface area (Å²) >= 11 is 0. The van der Waals surface area contributed by atoms with Gasteiger partial charge in [-0.25, -0.2) is 0 Å². The predicted molar refractivity (Wildman–Crippen MR) is 154 cm³/mol. The maximum atomic E-state index is 14.1. The van der Waals surface area contributed by atoms with E-state index in [0.717, 1.165) is 55.4 Å². The minimum atomic E-state index is -4.60. The molecule has 4 heterocycles. The number of nitrogens with zero attached hydrogens (tertiary/aromatic N) is 3. The fourth-order valence-corrected chi connectivity index (χ4v) is 6.97. The highest BCUT2D eigenvalue weighted by atomic mass is 19.4. The molecule has 2 saturated heterocycles. The second kappa shape index (κ2) is 9.87. The first kappa shape index (κ1) is 27.0. The lowest BCUT2D eigenvalue weighted by molar-refractivity contribution is -0.137. The first-order chi connectivity index (χ1) is 20.1. The molecule has 2 amide bonds. The van der Waals surface area contributed by atoms with Crippen LogP contribution in [0.4, 0.5) is 24.5 Å². The van der Waals surface area contributed by atoms with Gasteiger partial charge in [0.25, 0.3) is 5.91 Å². The number of amides is 2. The van der Waals surface area contributed by atoms with Crippen molar-refractivity contribution in [1.29, 1.82) is 0 Å². The summed E-state index contributed by atoms with van der Waals surface area (Å²) in [4.78, 5) is 31.3. The summed E-state index contributed by atoms with van der Waals surface area (Å²) in [7, 11) is 2.13. The van der Waals surface area contributed by atoms with Gasteiger partial charge in [0.15, 0.2) is 0 Å². The van der Waals surface area contributed by atoms with E-state index in [1.165, 1.54) is 16.5 Å². The van der Waals surface area contributed by atoms with Gasteiger partial charge in [0, 0.05) is 47.4 Å². The molecule has 0 aromatic heterocycles. The Morgan fingerprint density at radius 2 is 1.69 bits per heavy atom. The maximum Gasteiger partial charge on any atom is 0.417 e. The molecular weight excluding hydrogens is 543 g/mol. The molecule has 7 rings (SSSR count). The van der Waals surface area contributed by atoms with Crippen molar-refractivity contribution in [2.75, 3.05) is 49.6 Å². The first-order valence-electron chi connectivity index (χ1n) is 14.6. The van der Waals surface area contributed by atoms with Crippen LogP contribution in [0.3, 0.4) is 0 Å². The Kier molecular flexibility index (Phi) is 6.34. The van der Waals surface area contributed by atoms with E-state index in [9.17, 15) is 22.8 Å². The van der Waals surface area contributed by atoms with Crippen molar-refractivity contribution in [2.45, 2.75) is 43.7 Å². The number of carbonyl (C=O) groups is 2. The standard InChI is InChI=1S/C33H32F3N3O3/c1-37-15-11-32(12-16-37)20-42-29-17-23-10-14-39(28(23)19-27(29)32)31(41)22-6-4-21(5-7-22)25-9-8-24(18-26(25)33(34,35)36)38-13-2-3-30(38)40/h4-9,17-19H,2-3,10-16,20H2,1H3. The van der Waals surface area contributed by atoms with E-state index >= 15 is 0 Å². The van der Waals surface area contributed by atoms with Crippen molar-refractivity contribution in [3.63, 3.8) is 0 Å². The van der Waals surface area contributed by atoms with Gasteiger partial charge in [-0.1, -0.05) is 18.2 Å². The summed E-state index contributed by atoms with van der Waals surface area (Å²) in [6, 6.07) is 14.6. The highest BCUT2D eigenvalue weighted by Crippen LogP contribution is 2.49. The van der Waals surface area contributed by atoms with Crippen molar-refractivity contribution in [1.82, 2.24) is 4.90 Å². The molecule has 42 heavy (non-hydrogen) atoms. The first-order valence-corrected chi connectivity index (χ1v) is 14.6. The van der Waals surface area contributed by atoms with Crippen LogP contribution in [-0.4, -0.2) is 56.5 Å². The quantitative estimate of drug-likeness (QED) is 0.381. The minimum absolute atomic E-state index is 0.0161. The fraction of sp³-hybridized carbons (Fsp3) is 0.394. The Labute approximate surface area is 242 Å². The molecule has 0 N–H and O–H groups in total. The third kappa shape index (κ3) is 4.45. The molecular formula is C33H32F3N3O3. The van der Waals surface area contributed by atoms with Gasteiger partial charge >= 0.3 is 6.18 Å². The molecule has 9 heteroatoms. The molecule has 3 aromatic carbocycles. The van der Waals surface area contributed by atoms with Crippen LogP contribution < -0.4 is 14.5 Å². The van der Waals surface area contributed by atoms with Crippen LogP contribution >= 0.6 is 0 Å². The number of hydrogen-bond donors (Lipinski definition) is 0. The normalized spacial score (nSPS) is 19.8. The number of ether oxygens (including phenoxy) is 1. The van der Waals surface area contributed by atoms with Crippen LogP contribution in [0.2, 0.25) is 0 Å². The Balaban J connectivity index is 1.16. The number of anilines is 2. The Morgan fingerprint density at radius 1 is 0.929 bits per heavy atom. The fourth-order valence-electron chi connectivity index (χ4n) is 6.97. The highest BCUT2D eigenvalue weighted by molar-refractivity contribution is 6.07. The zero-order chi connectivity index (χ0) is 29.2. The summed E-state index contributed by atoms with van der Waals surface area (Å²) in [5, 5.41) is 0. The zero-order valence-electron chi connectivity index (χ0n) is 23.5. The van der Waals surface area contributed by atoms with Gasteiger partial charge in [-0.2, -0.15) is 13.2 Å². The smallest absolute Gasteiger partial charge is 0.417 e. The minimum Gasteiger partial charge on any atom is -0.492 e. The number of halogens is 3. The van der Waals surface area contributed by atoms with E-state index < -0.39 is 11.7 Å². The molecule has 1 spiro atoms. The average molecular weight is 576 g/mol. The van der Waals surface area contributed by atoms with E-state index in [0.29, 0.717) is 43.7 Å². The summed E-state index contributed by atoms with van der Waals surface area (Å²) in [5.74, 6) is 0.592. The highest BCUT2D eigenvalue weighted by Gasteiger charge is 2.44. The lowest BCUT2D eigenvalue weighted by Gasteiger charge is -2.37. The summed E-state index contributed by atoms with van der Waals surface area (Å²) in [6.45, 7) is 3.64. The predicted octanol–water partition coefficient (Wildman–Crippen LogP) is 6.06. The van der Waals surface area contributed by atoms with E-state index in [1.807, 2.05) is 0 Å². The second-order valence-corrected chi connectivity index (χ2v) is 12.0. The molecule has 4 aliphatic heterocycles. The van der Waals surface area contributed by atoms with Crippen molar-refractivity contribution in [3.05, 3.63) is 76.9 Å². The van der Waals surface area contributed by atoms with E-state index in [1.54, 1.807) is 35.2 Å². The zero-order valence-corrected chi connectivity index (χ0v) is 23.5. The summed E-state index contributed by atoms with van der Waals surface area (Å²) in [5.41, 5.74) is 3.39. The monoisotopic (exact) mass is 575 g/mol. The van der Waals surface area contributed by atoms with E-state index in [2.05, 4.69) is 24.1 Å². The molecule has 2 fully saturated rings. The number of likely N-dealkylation sites (tertiary alicyclic amines) is 1. The third-order valence-corrected chi connectivity index (χ3v) is 9.48. The molecule has 0 aliphatic carbocycles. The molecule has 218 valence electrons. The van der Waals surface area contributed by atoms with Crippen molar-refractivity contribution in [3.8, 4) is 16.9 Å². The van der Waals surface area contributed by atoms with Crippen molar-refractivity contribution in [2.24, 2.45) is 0 Å². The van der Waals surface area contributed by atoms with Crippen molar-refractivity contribution >= 4 is 23.2 Å². The Hall–Kier alpha value is -3.85. The van der Waals surface area contributed by atoms with Gasteiger partial charge in [0.2, 0.25) is 5.91 Å². The second-order valence-electron chi connectivity index (χ2n) is 12.0. The number of hydrogen-bond acceptors (Lipinski definition) is 4. The largest absolute Gasteiger partial charge is 0.492 e. The molecule has 4 aliphatic rings. The molecule has 0 saturated carbocycles. The lowest BCUT2D eigenvalue weighted by Crippen LogP contribution is -2.42. The van der Waals surface area contributed by atoms with Crippen LogP contribution in [0.1, 0.15) is 52.7 Å². The molecule has 0 bridgehead atoms. The van der Waals surface area contributed by atoms with Gasteiger partial charge < -0.3 is 19.4 Å². The van der Waals surface area contributed by atoms with Crippen molar-refractivity contribution < 1.29 is 27.5 Å². The number of piperidine rings is 1.